The Bertz CT molecular complexity index is 621. The third-order valence-corrected chi connectivity index (χ3v) is 4.67. The van der Waals surface area contributed by atoms with Crippen molar-refractivity contribution in [1.29, 1.82) is 0 Å². The molecule has 0 aliphatic heterocycles. The molecule has 0 spiro atoms. The van der Waals surface area contributed by atoms with E-state index >= 15 is 0 Å². The van der Waals surface area contributed by atoms with Gasteiger partial charge in [-0.1, -0.05) is 64.0 Å². The predicted octanol–water partition coefficient (Wildman–Crippen LogP) is 6.09. The Balaban J connectivity index is 2.42. The average Bonchev–Trinajstić information content (AvgIpc) is 2.67. The summed E-state index contributed by atoms with van der Waals surface area (Å²) in [5.41, 5.74) is -1.38. The highest BCUT2D eigenvalue weighted by Gasteiger charge is 2.40. The van der Waals surface area contributed by atoms with Crippen LogP contribution in [-0.2, 0) is 14.3 Å². The molecule has 0 radical (unpaired) electrons. The number of unbranched alkanes of at least 4 members (excludes halogenated alkanes) is 7. The number of carbonyl (C=O) groups is 2. The Morgan fingerprint density at radius 2 is 1.41 bits per heavy atom. The van der Waals surface area contributed by atoms with Gasteiger partial charge in [0.25, 0.3) is 0 Å². The molecule has 5 nitrogen and oxygen atoms in total. The first-order valence-corrected chi connectivity index (χ1v) is 10.9. The minimum Gasteiger partial charge on any atom is -0.487 e. The molecule has 0 bridgehead atoms. The number of carbonyl (C=O) groups excluding carboxylic acids is 2. The van der Waals surface area contributed by atoms with Crippen LogP contribution in [0.4, 0.5) is 0 Å². The van der Waals surface area contributed by atoms with Crippen molar-refractivity contribution in [3.8, 4) is 11.5 Å². The molecule has 0 aliphatic carbocycles. The van der Waals surface area contributed by atoms with Crippen molar-refractivity contribution in [3.05, 3.63) is 24.3 Å². The van der Waals surface area contributed by atoms with Crippen molar-refractivity contribution in [2.24, 2.45) is 5.41 Å². The van der Waals surface area contributed by atoms with Crippen LogP contribution in [0.2, 0.25) is 0 Å². The number of esters is 2. The van der Waals surface area contributed by atoms with Gasteiger partial charge >= 0.3 is 11.9 Å². The van der Waals surface area contributed by atoms with Crippen LogP contribution < -0.4 is 9.47 Å². The van der Waals surface area contributed by atoms with Gasteiger partial charge in [-0.2, -0.15) is 0 Å². The van der Waals surface area contributed by atoms with Crippen molar-refractivity contribution in [2.75, 3.05) is 6.61 Å². The number of hydrogen-bond acceptors (Lipinski definition) is 5. The van der Waals surface area contributed by atoms with E-state index in [9.17, 15) is 9.59 Å². The zero-order valence-corrected chi connectivity index (χ0v) is 18.8. The van der Waals surface area contributed by atoms with Gasteiger partial charge in [-0.3, -0.25) is 9.59 Å². The fourth-order valence-electron chi connectivity index (χ4n) is 2.78. The summed E-state index contributed by atoms with van der Waals surface area (Å²) in [6, 6.07) is 6.94. The molecule has 0 unspecified atom stereocenters. The highest BCUT2D eigenvalue weighted by molar-refractivity contribution is 6.00. The van der Waals surface area contributed by atoms with Crippen LogP contribution in [0.15, 0.2) is 24.3 Å². The van der Waals surface area contributed by atoms with E-state index < -0.39 is 17.4 Å². The molecule has 0 fully saturated rings. The van der Waals surface area contributed by atoms with Crippen molar-refractivity contribution in [1.82, 2.24) is 0 Å². The highest BCUT2D eigenvalue weighted by atomic mass is 16.6. The summed E-state index contributed by atoms with van der Waals surface area (Å²) in [6.07, 6.45) is 9.30. The summed E-state index contributed by atoms with van der Waals surface area (Å²) in [5.74, 6) is -0.444. The molecule has 5 heteroatoms. The van der Waals surface area contributed by atoms with E-state index in [-0.39, 0.29) is 6.10 Å². The summed E-state index contributed by atoms with van der Waals surface area (Å²) >= 11 is 0. The lowest BCUT2D eigenvalue weighted by Gasteiger charge is -2.22. The second-order valence-electron chi connectivity index (χ2n) is 8.24. The van der Waals surface area contributed by atoms with Gasteiger partial charge in [-0.25, -0.2) is 0 Å². The molecular formula is C24H38O5. The molecule has 0 saturated heterocycles. The van der Waals surface area contributed by atoms with Crippen molar-refractivity contribution >= 4 is 11.9 Å². The smallest absolute Gasteiger partial charge is 0.328 e. The van der Waals surface area contributed by atoms with Gasteiger partial charge in [0.05, 0.1) is 12.7 Å². The Hall–Kier alpha value is -2.04. The zero-order chi connectivity index (χ0) is 21.7. The number of hydrogen-bond donors (Lipinski definition) is 0. The van der Waals surface area contributed by atoms with Crippen LogP contribution in [0.3, 0.4) is 0 Å². The molecule has 164 valence electrons. The molecule has 0 N–H and O–H groups in total. The van der Waals surface area contributed by atoms with Gasteiger partial charge in [-0.15, -0.1) is 0 Å². The molecule has 29 heavy (non-hydrogen) atoms. The maximum Gasteiger partial charge on any atom is 0.328 e. The van der Waals surface area contributed by atoms with Crippen molar-refractivity contribution in [2.45, 2.75) is 92.1 Å². The lowest BCUT2D eigenvalue weighted by molar-refractivity contribution is -0.164. The molecule has 0 atom stereocenters. The number of ether oxygens (including phenoxy) is 3. The van der Waals surface area contributed by atoms with Crippen molar-refractivity contribution < 1.29 is 23.8 Å². The monoisotopic (exact) mass is 406 g/mol. The third kappa shape index (κ3) is 9.33. The minimum absolute atomic E-state index is 0.0560. The van der Waals surface area contributed by atoms with E-state index in [0.29, 0.717) is 18.1 Å². The SMILES string of the molecule is CCCCCCCCCCOC(=O)C(C)(C)C(=O)Oc1ccccc1OC(C)C. The van der Waals surface area contributed by atoms with Crippen LogP contribution >= 0.6 is 0 Å². The Morgan fingerprint density at radius 3 is 2.00 bits per heavy atom. The molecule has 0 heterocycles. The van der Waals surface area contributed by atoms with Gasteiger partial charge in [0.15, 0.2) is 16.9 Å². The maximum absolute atomic E-state index is 12.6. The maximum atomic E-state index is 12.6. The molecule has 0 aromatic heterocycles. The van der Waals surface area contributed by atoms with E-state index in [1.165, 1.54) is 46.0 Å². The van der Waals surface area contributed by atoms with E-state index in [0.717, 1.165) is 19.3 Å². The summed E-state index contributed by atoms with van der Waals surface area (Å²) in [6.45, 7) is 9.38. The molecule has 0 amide bonds. The highest BCUT2D eigenvalue weighted by Crippen LogP contribution is 2.30. The van der Waals surface area contributed by atoms with Crippen LogP contribution in [0.25, 0.3) is 0 Å². The van der Waals surface area contributed by atoms with Gasteiger partial charge < -0.3 is 14.2 Å². The molecule has 0 aliphatic rings. The van der Waals surface area contributed by atoms with E-state index in [1.807, 2.05) is 13.8 Å². The van der Waals surface area contributed by atoms with E-state index in [2.05, 4.69) is 6.92 Å². The zero-order valence-electron chi connectivity index (χ0n) is 18.8. The third-order valence-electron chi connectivity index (χ3n) is 4.67. The molecule has 1 aromatic rings. The fourth-order valence-corrected chi connectivity index (χ4v) is 2.78. The standard InChI is InChI=1S/C24H38O5/c1-6-7-8-9-10-11-12-15-18-27-22(25)24(4,5)23(26)29-21-17-14-13-16-20(21)28-19(2)3/h13-14,16-17,19H,6-12,15,18H2,1-5H3. The van der Waals surface area contributed by atoms with Gasteiger partial charge in [0, 0.05) is 0 Å². The summed E-state index contributed by atoms with van der Waals surface area (Å²) in [7, 11) is 0. The Kier molecular flexibility index (Phi) is 11.4. The lowest BCUT2D eigenvalue weighted by Crippen LogP contribution is -2.38. The first-order chi connectivity index (χ1) is 13.8. The van der Waals surface area contributed by atoms with Gasteiger partial charge in [0.2, 0.25) is 0 Å². The normalized spacial score (nSPS) is 11.4. The van der Waals surface area contributed by atoms with Crippen LogP contribution in [0, 0.1) is 5.41 Å². The summed E-state index contributed by atoms with van der Waals surface area (Å²) in [5, 5.41) is 0. The van der Waals surface area contributed by atoms with E-state index in [1.54, 1.807) is 24.3 Å². The predicted molar refractivity (Wildman–Crippen MR) is 115 cm³/mol. The molecule has 1 aromatic carbocycles. The van der Waals surface area contributed by atoms with Gasteiger partial charge in [-0.05, 0) is 46.2 Å². The number of benzene rings is 1. The first kappa shape index (κ1) is 25.0. The van der Waals surface area contributed by atoms with Crippen LogP contribution in [0.1, 0.15) is 86.0 Å². The average molecular weight is 407 g/mol. The van der Waals surface area contributed by atoms with Crippen molar-refractivity contribution in [3.63, 3.8) is 0 Å². The quantitative estimate of drug-likeness (QED) is 0.162. The Morgan fingerprint density at radius 1 is 0.862 bits per heavy atom. The number of rotatable bonds is 14. The largest absolute Gasteiger partial charge is 0.487 e. The summed E-state index contributed by atoms with van der Waals surface area (Å²) < 4.78 is 16.5. The molecular weight excluding hydrogens is 368 g/mol. The van der Waals surface area contributed by atoms with E-state index in [4.69, 9.17) is 14.2 Å². The van der Waals surface area contributed by atoms with Crippen LogP contribution in [-0.4, -0.2) is 24.6 Å². The minimum atomic E-state index is -1.38. The molecule has 0 saturated carbocycles. The van der Waals surface area contributed by atoms with Gasteiger partial charge in [0.1, 0.15) is 0 Å². The lowest BCUT2D eigenvalue weighted by atomic mass is 9.94. The number of para-hydroxylation sites is 2. The Labute approximate surface area is 176 Å². The topological polar surface area (TPSA) is 61.8 Å². The van der Waals surface area contributed by atoms with Crippen LogP contribution in [0.5, 0.6) is 11.5 Å². The molecule has 1 rings (SSSR count). The first-order valence-electron chi connectivity index (χ1n) is 10.9. The fraction of sp³-hybridized carbons (Fsp3) is 0.667. The second kappa shape index (κ2) is 13.2. The summed E-state index contributed by atoms with van der Waals surface area (Å²) in [4.78, 5) is 25.0. The second-order valence-corrected chi connectivity index (χ2v) is 8.24.